The summed E-state index contributed by atoms with van der Waals surface area (Å²) in [6.45, 7) is 5.64. The third kappa shape index (κ3) is 5.23. The predicted molar refractivity (Wildman–Crippen MR) is 101 cm³/mol. The molecule has 0 saturated carbocycles. The fourth-order valence-electron chi connectivity index (χ4n) is 2.30. The van der Waals surface area contributed by atoms with Gasteiger partial charge in [-0.15, -0.1) is 4.36 Å². The van der Waals surface area contributed by atoms with Crippen molar-refractivity contribution >= 4 is 39.4 Å². The van der Waals surface area contributed by atoms with Gasteiger partial charge in [0, 0.05) is 13.1 Å². The van der Waals surface area contributed by atoms with Crippen molar-refractivity contribution in [2.75, 3.05) is 14.2 Å². The maximum Gasteiger partial charge on any atom is 0.316 e. The van der Waals surface area contributed by atoms with Gasteiger partial charge in [0.25, 0.3) is 0 Å². The first-order valence-corrected chi connectivity index (χ1v) is 9.24. The number of carbonyl (C=O) groups is 1. The van der Waals surface area contributed by atoms with Crippen molar-refractivity contribution in [3.8, 4) is 5.75 Å². The summed E-state index contributed by atoms with van der Waals surface area (Å²) in [5, 5.41) is 3.19. The SMILES string of the molecule is CCC(C)N(C(=O)C(C)c1ccc(OC)c(N=S(=O)=O)c1)C(=S)NC. The third-order valence-electron chi connectivity index (χ3n) is 3.95. The van der Waals surface area contributed by atoms with Crippen molar-refractivity contribution in [1.82, 2.24) is 10.2 Å². The summed E-state index contributed by atoms with van der Waals surface area (Å²) in [6, 6.07) is 4.78. The molecule has 0 bridgehead atoms. The number of amides is 1. The number of hydrogen-bond acceptors (Lipinski definition) is 6. The Bertz CT molecular complexity index is 770. The van der Waals surface area contributed by atoms with Gasteiger partial charge in [0.2, 0.25) is 5.91 Å². The molecule has 0 aliphatic carbocycles. The van der Waals surface area contributed by atoms with Gasteiger partial charge in [-0.3, -0.25) is 9.69 Å². The molecule has 1 aromatic rings. The summed E-state index contributed by atoms with van der Waals surface area (Å²) in [5.74, 6) is -0.384. The Morgan fingerprint density at radius 2 is 2.04 bits per heavy atom. The van der Waals surface area contributed by atoms with Crippen LogP contribution in [0.2, 0.25) is 0 Å². The largest absolute Gasteiger partial charge is 0.494 e. The first-order chi connectivity index (χ1) is 11.8. The van der Waals surface area contributed by atoms with Crippen molar-refractivity contribution in [3.05, 3.63) is 23.8 Å². The molecule has 1 amide bonds. The number of ether oxygens (including phenoxy) is 1. The van der Waals surface area contributed by atoms with Crippen LogP contribution in [0, 0.1) is 0 Å². The average Bonchev–Trinajstić information content (AvgIpc) is 2.59. The van der Waals surface area contributed by atoms with Crippen LogP contribution in [0.4, 0.5) is 5.69 Å². The molecule has 1 N–H and O–H groups in total. The first kappa shape index (κ1) is 21.0. The molecule has 9 heteroatoms. The molecule has 0 fully saturated rings. The molecule has 138 valence electrons. The van der Waals surface area contributed by atoms with Crippen LogP contribution in [0.1, 0.15) is 38.7 Å². The second-order valence-electron chi connectivity index (χ2n) is 5.48. The zero-order valence-corrected chi connectivity index (χ0v) is 16.6. The second-order valence-corrected chi connectivity index (χ2v) is 6.49. The highest BCUT2D eigenvalue weighted by molar-refractivity contribution is 7.80. The Morgan fingerprint density at radius 1 is 1.40 bits per heavy atom. The first-order valence-electron chi connectivity index (χ1n) is 7.80. The molecule has 0 heterocycles. The molecular formula is C16H23N3O4S2. The van der Waals surface area contributed by atoms with Crippen LogP contribution >= 0.6 is 12.2 Å². The van der Waals surface area contributed by atoms with Gasteiger partial charge in [0.15, 0.2) is 5.11 Å². The van der Waals surface area contributed by atoms with E-state index < -0.39 is 16.4 Å². The van der Waals surface area contributed by atoms with E-state index in [0.717, 1.165) is 6.42 Å². The van der Waals surface area contributed by atoms with Gasteiger partial charge in [0.1, 0.15) is 11.4 Å². The Morgan fingerprint density at radius 3 is 2.52 bits per heavy atom. The van der Waals surface area contributed by atoms with Gasteiger partial charge in [-0.2, -0.15) is 8.42 Å². The summed E-state index contributed by atoms with van der Waals surface area (Å²) in [6.07, 6.45) is 0.749. The minimum absolute atomic E-state index is 0.0635. The Kier molecular flexibility index (Phi) is 7.98. The Hall–Kier alpha value is -2.00. The standard InChI is InChI=1S/C16H23N3O4S2/c1-6-10(2)19(16(24)17-4)15(20)11(3)12-7-8-14(23-5)13(9-12)18-25(21)22/h7-11H,6H2,1-5H3,(H,17,24). The van der Waals surface area contributed by atoms with Crippen molar-refractivity contribution in [2.45, 2.75) is 39.2 Å². The summed E-state index contributed by atoms with van der Waals surface area (Å²) < 4.78 is 30.4. The van der Waals surface area contributed by atoms with Gasteiger partial charge < -0.3 is 10.1 Å². The monoisotopic (exact) mass is 385 g/mol. The predicted octanol–water partition coefficient (Wildman–Crippen LogP) is 2.62. The lowest BCUT2D eigenvalue weighted by molar-refractivity contribution is -0.130. The molecule has 2 atom stereocenters. The fourth-order valence-corrected chi connectivity index (χ4v) is 2.87. The van der Waals surface area contributed by atoms with E-state index in [-0.39, 0.29) is 17.6 Å². The number of nitrogens with one attached hydrogen (secondary N) is 1. The van der Waals surface area contributed by atoms with Gasteiger partial charge in [-0.05, 0) is 50.2 Å². The molecule has 0 aromatic heterocycles. The molecule has 0 aliphatic heterocycles. The Labute approximate surface area is 155 Å². The quantitative estimate of drug-likeness (QED) is 0.758. The van der Waals surface area contributed by atoms with Gasteiger partial charge in [-0.1, -0.05) is 13.0 Å². The smallest absolute Gasteiger partial charge is 0.316 e. The number of benzene rings is 1. The third-order valence-corrected chi connectivity index (χ3v) is 4.69. The summed E-state index contributed by atoms with van der Waals surface area (Å²) in [7, 11) is 0.475. The van der Waals surface area contributed by atoms with E-state index in [4.69, 9.17) is 17.0 Å². The number of carbonyl (C=O) groups excluding carboxylic acids is 1. The van der Waals surface area contributed by atoms with E-state index in [9.17, 15) is 13.2 Å². The minimum atomic E-state index is -2.62. The molecule has 0 spiro atoms. The van der Waals surface area contributed by atoms with Gasteiger partial charge >= 0.3 is 10.5 Å². The van der Waals surface area contributed by atoms with Crippen molar-refractivity contribution < 1.29 is 17.9 Å². The highest BCUT2D eigenvalue weighted by Crippen LogP contribution is 2.32. The van der Waals surface area contributed by atoms with Crippen LogP contribution in [-0.4, -0.2) is 44.5 Å². The molecule has 25 heavy (non-hydrogen) atoms. The molecule has 0 aliphatic rings. The van der Waals surface area contributed by atoms with Crippen LogP contribution in [0.25, 0.3) is 0 Å². The molecule has 7 nitrogen and oxygen atoms in total. The zero-order valence-electron chi connectivity index (χ0n) is 14.9. The normalized spacial score (nSPS) is 12.7. The number of nitrogens with zero attached hydrogens (tertiary/aromatic N) is 2. The number of methoxy groups -OCH3 is 1. The second kappa shape index (κ2) is 9.47. The molecular weight excluding hydrogens is 362 g/mol. The lowest BCUT2D eigenvalue weighted by atomic mass is 9.98. The van der Waals surface area contributed by atoms with E-state index in [1.807, 2.05) is 13.8 Å². The van der Waals surface area contributed by atoms with E-state index in [2.05, 4.69) is 9.68 Å². The van der Waals surface area contributed by atoms with E-state index in [0.29, 0.717) is 16.4 Å². The van der Waals surface area contributed by atoms with Crippen LogP contribution in [0.5, 0.6) is 5.75 Å². The lowest BCUT2D eigenvalue weighted by Crippen LogP contribution is -2.48. The maximum atomic E-state index is 12.9. The van der Waals surface area contributed by atoms with E-state index in [1.165, 1.54) is 13.2 Å². The highest BCUT2D eigenvalue weighted by Gasteiger charge is 2.28. The van der Waals surface area contributed by atoms with Crippen LogP contribution < -0.4 is 10.1 Å². The topological polar surface area (TPSA) is 88.1 Å². The Balaban J connectivity index is 3.28. The number of rotatable bonds is 6. The molecule has 0 radical (unpaired) electrons. The molecule has 1 rings (SSSR count). The van der Waals surface area contributed by atoms with Crippen LogP contribution in [-0.2, 0) is 15.3 Å². The van der Waals surface area contributed by atoms with E-state index in [1.54, 1.807) is 31.0 Å². The highest BCUT2D eigenvalue weighted by atomic mass is 32.2. The molecule has 2 unspecified atom stereocenters. The van der Waals surface area contributed by atoms with Gasteiger partial charge in [0.05, 0.1) is 13.0 Å². The van der Waals surface area contributed by atoms with Crippen LogP contribution in [0.15, 0.2) is 22.6 Å². The van der Waals surface area contributed by atoms with Crippen molar-refractivity contribution in [2.24, 2.45) is 4.36 Å². The molecule has 1 aromatic carbocycles. The van der Waals surface area contributed by atoms with Crippen molar-refractivity contribution in [1.29, 1.82) is 0 Å². The lowest BCUT2D eigenvalue weighted by Gasteiger charge is -2.31. The summed E-state index contributed by atoms with van der Waals surface area (Å²) >= 11 is 5.26. The maximum absolute atomic E-state index is 12.9. The summed E-state index contributed by atoms with van der Waals surface area (Å²) in [5.41, 5.74) is 0.779. The zero-order chi connectivity index (χ0) is 19.1. The fraction of sp³-hybridized carbons (Fsp3) is 0.500. The van der Waals surface area contributed by atoms with Crippen LogP contribution in [0.3, 0.4) is 0 Å². The average molecular weight is 386 g/mol. The van der Waals surface area contributed by atoms with Crippen molar-refractivity contribution in [3.63, 3.8) is 0 Å². The van der Waals surface area contributed by atoms with E-state index >= 15 is 0 Å². The number of thiocarbonyl (C=S) groups is 1. The summed E-state index contributed by atoms with van der Waals surface area (Å²) in [4.78, 5) is 14.5. The van der Waals surface area contributed by atoms with Gasteiger partial charge in [-0.25, -0.2) is 0 Å². The number of hydrogen-bond donors (Lipinski definition) is 1. The molecule has 0 saturated heterocycles. The minimum Gasteiger partial charge on any atom is -0.494 e.